The molecule has 0 N–H and O–H groups in total. The molecule has 1 heterocycles. The number of pyridine rings is 1. The van der Waals surface area contributed by atoms with Crippen LogP contribution in [0.4, 0.5) is 0 Å². The van der Waals surface area contributed by atoms with Crippen LogP contribution in [-0.4, -0.2) is 11.6 Å². The maximum atomic E-state index is 5.77. The van der Waals surface area contributed by atoms with Crippen molar-refractivity contribution >= 4 is 11.6 Å². The lowest BCUT2D eigenvalue weighted by Crippen LogP contribution is -1.97. The molecule has 94 valence electrons. The van der Waals surface area contributed by atoms with Crippen molar-refractivity contribution in [1.82, 2.24) is 4.98 Å². The molecule has 2 rings (SSSR count). The van der Waals surface area contributed by atoms with Crippen LogP contribution in [-0.2, 0) is 0 Å². The minimum Gasteiger partial charge on any atom is -0.490 e. The maximum Gasteiger partial charge on any atom is 0.219 e. The van der Waals surface area contributed by atoms with Crippen LogP contribution in [0.5, 0.6) is 17.4 Å². The molecule has 0 aliphatic rings. The summed E-state index contributed by atoms with van der Waals surface area (Å²) in [6.07, 6.45) is 2.50. The summed E-state index contributed by atoms with van der Waals surface area (Å²) in [6.45, 7) is 2.72. The Morgan fingerprint density at radius 2 is 1.89 bits per heavy atom. The molecule has 0 fully saturated rings. The maximum absolute atomic E-state index is 5.77. The first-order valence-electron chi connectivity index (χ1n) is 5.81. The molecule has 0 bridgehead atoms. The Morgan fingerprint density at radius 1 is 1.11 bits per heavy atom. The van der Waals surface area contributed by atoms with E-state index in [1.807, 2.05) is 24.3 Å². The van der Waals surface area contributed by atoms with E-state index in [4.69, 9.17) is 21.1 Å². The van der Waals surface area contributed by atoms with Crippen LogP contribution in [0.2, 0.25) is 5.02 Å². The standard InChI is InChI=1S/C14H14ClNO2/c1-2-9-17-12-5-3-4-6-13(12)18-14-8-7-11(15)10-16-14/h3-8,10H,2,9H2,1H3. The third-order valence-electron chi connectivity index (χ3n) is 2.23. The van der Waals surface area contributed by atoms with Crippen molar-refractivity contribution in [2.75, 3.05) is 6.61 Å². The molecule has 0 saturated heterocycles. The number of para-hydroxylation sites is 2. The summed E-state index contributed by atoms with van der Waals surface area (Å²) in [5.41, 5.74) is 0. The molecule has 1 aromatic carbocycles. The zero-order chi connectivity index (χ0) is 12.8. The van der Waals surface area contributed by atoms with Gasteiger partial charge in [-0.25, -0.2) is 4.98 Å². The quantitative estimate of drug-likeness (QED) is 0.805. The van der Waals surface area contributed by atoms with E-state index in [1.54, 1.807) is 18.3 Å². The van der Waals surface area contributed by atoms with Gasteiger partial charge in [-0.15, -0.1) is 0 Å². The molecular weight excluding hydrogens is 250 g/mol. The van der Waals surface area contributed by atoms with Crippen molar-refractivity contribution in [3.05, 3.63) is 47.6 Å². The lowest BCUT2D eigenvalue weighted by Gasteiger charge is -2.11. The summed E-state index contributed by atoms with van der Waals surface area (Å²) < 4.78 is 11.3. The summed E-state index contributed by atoms with van der Waals surface area (Å²) >= 11 is 5.77. The summed E-state index contributed by atoms with van der Waals surface area (Å²) in [7, 11) is 0. The summed E-state index contributed by atoms with van der Waals surface area (Å²) in [6, 6.07) is 11.0. The lowest BCUT2D eigenvalue weighted by atomic mass is 10.3. The number of hydrogen-bond donors (Lipinski definition) is 0. The van der Waals surface area contributed by atoms with E-state index in [2.05, 4.69) is 11.9 Å². The number of aromatic nitrogens is 1. The molecule has 4 heteroatoms. The number of ether oxygens (including phenoxy) is 2. The van der Waals surface area contributed by atoms with E-state index in [1.165, 1.54) is 0 Å². The fourth-order valence-electron chi connectivity index (χ4n) is 1.40. The molecule has 2 aromatic rings. The zero-order valence-corrected chi connectivity index (χ0v) is 10.9. The SMILES string of the molecule is CCCOc1ccccc1Oc1ccc(Cl)cn1. The molecule has 0 aliphatic heterocycles. The second kappa shape index (κ2) is 6.26. The molecule has 0 spiro atoms. The van der Waals surface area contributed by atoms with Gasteiger partial charge in [0, 0.05) is 12.3 Å². The summed E-state index contributed by atoms with van der Waals surface area (Å²) in [5.74, 6) is 1.86. The highest BCUT2D eigenvalue weighted by Crippen LogP contribution is 2.30. The van der Waals surface area contributed by atoms with Gasteiger partial charge in [0.2, 0.25) is 5.88 Å². The van der Waals surface area contributed by atoms with Gasteiger partial charge in [-0.05, 0) is 24.6 Å². The van der Waals surface area contributed by atoms with Gasteiger partial charge in [-0.2, -0.15) is 0 Å². The minimum absolute atomic E-state index is 0.493. The molecular formula is C14H14ClNO2. The number of rotatable bonds is 5. The third-order valence-corrected chi connectivity index (χ3v) is 2.45. The average molecular weight is 264 g/mol. The second-order valence-corrected chi connectivity index (χ2v) is 4.15. The Hall–Kier alpha value is -1.74. The van der Waals surface area contributed by atoms with Crippen molar-refractivity contribution in [3.63, 3.8) is 0 Å². The highest BCUT2D eigenvalue weighted by atomic mass is 35.5. The normalized spacial score (nSPS) is 10.1. The fraction of sp³-hybridized carbons (Fsp3) is 0.214. The smallest absolute Gasteiger partial charge is 0.219 e. The van der Waals surface area contributed by atoms with E-state index < -0.39 is 0 Å². The van der Waals surface area contributed by atoms with Crippen molar-refractivity contribution in [3.8, 4) is 17.4 Å². The first-order chi connectivity index (χ1) is 8.79. The molecule has 1 aromatic heterocycles. The van der Waals surface area contributed by atoms with Crippen molar-refractivity contribution in [2.24, 2.45) is 0 Å². The number of hydrogen-bond acceptors (Lipinski definition) is 3. The van der Waals surface area contributed by atoms with E-state index in [9.17, 15) is 0 Å². The van der Waals surface area contributed by atoms with E-state index >= 15 is 0 Å². The van der Waals surface area contributed by atoms with E-state index in [-0.39, 0.29) is 0 Å². The van der Waals surface area contributed by atoms with Crippen LogP contribution in [0, 0.1) is 0 Å². The molecule has 0 amide bonds. The minimum atomic E-state index is 0.493. The average Bonchev–Trinajstić information content (AvgIpc) is 2.40. The van der Waals surface area contributed by atoms with Crippen molar-refractivity contribution < 1.29 is 9.47 Å². The molecule has 0 saturated carbocycles. The summed E-state index contributed by atoms with van der Waals surface area (Å²) in [5, 5.41) is 0.581. The van der Waals surface area contributed by atoms with E-state index in [0.717, 1.165) is 12.2 Å². The summed E-state index contributed by atoms with van der Waals surface area (Å²) in [4.78, 5) is 4.09. The Bertz CT molecular complexity index is 499. The molecule has 0 atom stereocenters. The molecule has 18 heavy (non-hydrogen) atoms. The lowest BCUT2D eigenvalue weighted by molar-refractivity contribution is 0.301. The number of nitrogens with zero attached hydrogens (tertiary/aromatic N) is 1. The third kappa shape index (κ3) is 3.37. The Balaban J connectivity index is 2.15. The Kier molecular flexibility index (Phi) is 4.42. The highest BCUT2D eigenvalue weighted by Gasteiger charge is 2.05. The van der Waals surface area contributed by atoms with Crippen molar-refractivity contribution in [2.45, 2.75) is 13.3 Å². The van der Waals surface area contributed by atoms with E-state index in [0.29, 0.717) is 23.3 Å². The molecule has 0 unspecified atom stereocenters. The number of halogens is 1. The van der Waals surface area contributed by atoms with Crippen LogP contribution in [0.15, 0.2) is 42.6 Å². The molecule has 0 aliphatic carbocycles. The van der Waals surface area contributed by atoms with Crippen LogP contribution >= 0.6 is 11.6 Å². The Morgan fingerprint density at radius 3 is 2.56 bits per heavy atom. The topological polar surface area (TPSA) is 31.4 Å². The fourth-order valence-corrected chi connectivity index (χ4v) is 1.51. The zero-order valence-electron chi connectivity index (χ0n) is 10.1. The molecule has 3 nitrogen and oxygen atoms in total. The van der Waals surface area contributed by atoms with Gasteiger partial charge in [0.05, 0.1) is 11.6 Å². The van der Waals surface area contributed by atoms with Crippen LogP contribution in [0.3, 0.4) is 0 Å². The van der Waals surface area contributed by atoms with Crippen LogP contribution in [0.25, 0.3) is 0 Å². The first-order valence-corrected chi connectivity index (χ1v) is 6.18. The van der Waals surface area contributed by atoms with Crippen molar-refractivity contribution in [1.29, 1.82) is 0 Å². The second-order valence-electron chi connectivity index (χ2n) is 3.71. The van der Waals surface area contributed by atoms with Gasteiger partial charge >= 0.3 is 0 Å². The first kappa shape index (κ1) is 12.7. The number of benzene rings is 1. The van der Waals surface area contributed by atoms with Gasteiger partial charge in [-0.1, -0.05) is 30.7 Å². The van der Waals surface area contributed by atoms with Gasteiger partial charge in [0.15, 0.2) is 11.5 Å². The monoisotopic (exact) mass is 263 g/mol. The van der Waals surface area contributed by atoms with Crippen LogP contribution in [0.1, 0.15) is 13.3 Å². The van der Waals surface area contributed by atoms with Gasteiger partial charge in [0.25, 0.3) is 0 Å². The largest absolute Gasteiger partial charge is 0.490 e. The predicted molar refractivity (Wildman–Crippen MR) is 71.5 cm³/mol. The predicted octanol–water partition coefficient (Wildman–Crippen LogP) is 4.32. The van der Waals surface area contributed by atoms with Gasteiger partial charge in [-0.3, -0.25) is 0 Å². The van der Waals surface area contributed by atoms with Gasteiger partial charge < -0.3 is 9.47 Å². The van der Waals surface area contributed by atoms with Crippen LogP contribution < -0.4 is 9.47 Å². The highest BCUT2D eigenvalue weighted by molar-refractivity contribution is 6.30. The molecule has 0 radical (unpaired) electrons. The Labute approximate surface area is 111 Å². The van der Waals surface area contributed by atoms with Gasteiger partial charge in [0.1, 0.15) is 0 Å².